The molecule has 0 saturated heterocycles. The van der Waals surface area contributed by atoms with Crippen molar-refractivity contribution in [3.05, 3.63) is 48.2 Å². The SMILES string of the molecule is C=Cn1cc2ccc(-c3c(C)cc(C(F)(F)F)cc3O)nc2n1. The molecule has 0 aliphatic heterocycles. The van der Waals surface area contributed by atoms with E-state index in [1.807, 2.05) is 0 Å². The normalized spacial score (nSPS) is 11.8. The number of alkyl halides is 3. The van der Waals surface area contributed by atoms with Crippen LogP contribution >= 0.6 is 0 Å². The molecular weight excluding hydrogens is 307 g/mol. The molecule has 2 heterocycles. The molecule has 0 saturated carbocycles. The second kappa shape index (κ2) is 5.12. The number of aromatic hydroxyl groups is 1. The molecular formula is C16H12F3N3O. The van der Waals surface area contributed by atoms with Crippen LogP contribution in [-0.2, 0) is 6.18 Å². The lowest BCUT2D eigenvalue weighted by molar-refractivity contribution is -0.137. The molecule has 23 heavy (non-hydrogen) atoms. The van der Waals surface area contributed by atoms with Gasteiger partial charge >= 0.3 is 6.18 Å². The third-order valence-corrected chi connectivity index (χ3v) is 3.47. The number of pyridine rings is 1. The van der Waals surface area contributed by atoms with Crippen LogP contribution in [0.5, 0.6) is 5.75 Å². The van der Waals surface area contributed by atoms with Crippen molar-refractivity contribution < 1.29 is 18.3 Å². The van der Waals surface area contributed by atoms with Crippen LogP contribution in [0, 0.1) is 6.92 Å². The second-order valence-corrected chi connectivity index (χ2v) is 5.09. The number of nitrogens with zero attached hydrogens (tertiary/aromatic N) is 3. The lowest BCUT2D eigenvalue weighted by Gasteiger charge is -2.13. The van der Waals surface area contributed by atoms with E-state index in [9.17, 15) is 18.3 Å². The van der Waals surface area contributed by atoms with Crippen molar-refractivity contribution in [2.24, 2.45) is 0 Å². The van der Waals surface area contributed by atoms with Gasteiger partial charge in [-0.3, -0.25) is 0 Å². The highest BCUT2D eigenvalue weighted by Crippen LogP contribution is 2.38. The summed E-state index contributed by atoms with van der Waals surface area (Å²) >= 11 is 0. The van der Waals surface area contributed by atoms with E-state index in [2.05, 4.69) is 16.7 Å². The topological polar surface area (TPSA) is 50.9 Å². The molecule has 0 amide bonds. The average molecular weight is 319 g/mol. The number of aromatic nitrogens is 3. The highest BCUT2D eigenvalue weighted by atomic mass is 19.4. The van der Waals surface area contributed by atoms with Gasteiger partial charge in [-0.1, -0.05) is 6.58 Å². The summed E-state index contributed by atoms with van der Waals surface area (Å²) in [4.78, 5) is 4.31. The van der Waals surface area contributed by atoms with Crippen molar-refractivity contribution in [3.8, 4) is 17.0 Å². The molecule has 4 nitrogen and oxygen atoms in total. The molecule has 0 aliphatic rings. The van der Waals surface area contributed by atoms with Crippen LogP contribution in [0.1, 0.15) is 11.1 Å². The Morgan fingerprint density at radius 3 is 2.61 bits per heavy atom. The minimum absolute atomic E-state index is 0.257. The van der Waals surface area contributed by atoms with Crippen molar-refractivity contribution in [2.75, 3.05) is 0 Å². The highest BCUT2D eigenvalue weighted by molar-refractivity contribution is 5.80. The third kappa shape index (κ3) is 2.65. The molecule has 3 aromatic rings. The summed E-state index contributed by atoms with van der Waals surface area (Å²) in [5, 5.41) is 15.0. The smallest absolute Gasteiger partial charge is 0.416 e. The molecule has 0 fully saturated rings. The molecule has 3 rings (SSSR count). The van der Waals surface area contributed by atoms with E-state index in [0.29, 0.717) is 17.4 Å². The molecule has 0 bridgehead atoms. The predicted molar refractivity (Wildman–Crippen MR) is 80.8 cm³/mol. The largest absolute Gasteiger partial charge is 0.507 e. The fourth-order valence-corrected chi connectivity index (χ4v) is 2.42. The first-order valence-electron chi connectivity index (χ1n) is 6.69. The van der Waals surface area contributed by atoms with Crippen molar-refractivity contribution >= 4 is 17.2 Å². The average Bonchev–Trinajstić information content (AvgIpc) is 2.88. The minimum Gasteiger partial charge on any atom is -0.507 e. The van der Waals surface area contributed by atoms with Gasteiger partial charge in [-0.15, -0.1) is 5.10 Å². The van der Waals surface area contributed by atoms with Gasteiger partial charge in [0.1, 0.15) is 5.75 Å². The van der Waals surface area contributed by atoms with E-state index in [4.69, 9.17) is 0 Å². The molecule has 1 N–H and O–H groups in total. The second-order valence-electron chi connectivity index (χ2n) is 5.09. The lowest BCUT2D eigenvalue weighted by Crippen LogP contribution is -2.05. The zero-order chi connectivity index (χ0) is 16.8. The van der Waals surface area contributed by atoms with E-state index in [0.717, 1.165) is 11.5 Å². The van der Waals surface area contributed by atoms with Crippen LogP contribution in [0.4, 0.5) is 13.2 Å². The van der Waals surface area contributed by atoms with E-state index < -0.39 is 17.5 Å². The maximum absolute atomic E-state index is 12.8. The Balaban J connectivity index is 2.16. The van der Waals surface area contributed by atoms with E-state index in [1.165, 1.54) is 17.8 Å². The minimum atomic E-state index is -4.51. The van der Waals surface area contributed by atoms with Gasteiger partial charge in [-0.25, -0.2) is 9.67 Å². The maximum Gasteiger partial charge on any atom is 0.416 e. The van der Waals surface area contributed by atoms with Gasteiger partial charge in [0, 0.05) is 23.3 Å². The molecule has 0 radical (unpaired) electrons. The molecule has 0 aliphatic carbocycles. The Kier molecular flexibility index (Phi) is 3.35. The summed E-state index contributed by atoms with van der Waals surface area (Å²) in [5.74, 6) is -0.465. The monoisotopic (exact) mass is 319 g/mol. The fraction of sp³-hybridized carbons (Fsp3) is 0.125. The Morgan fingerprint density at radius 1 is 1.26 bits per heavy atom. The number of phenols is 1. The number of hydrogen-bond donors (Lipinski definition) is 1. The van der Waals surface area contributed by atoms with Crippen molar-refractivity contribution in [3.63, 3.8) is 0 Å². The Bertz CT molecular complexity index is 890. The summed E-state index contributed by atoms with van der Waals surface area (Å²) in [6.07, 6.45) is -1.29. The molecule has 0 atom stereocenters. The number of halogens is 3. The summed E-state index contributed by atoms with van der Waals surface area (Å²) in [6, 6.07) is 5.06. The molecule has 1 aromatic carbocycles. The van der Waals surface area contributed by atoms with Gasteiger partial charge in [0.05, 0.1) is 11.3 Å². The van der Waals surface area contributed by atoms with Gasteiger partial charge in [0.2, 0.25) is 0 Å². The maximum atomic E-state index is 12.8. The van der Waals surface area contributed by atoms with Crippen LogP contribution in [0.25, 0.3) is 28.5 Å². The predicted octanol–water partition coefficient (Wildman–Crippen LogP) is 4.23. The number of aryl methyl sites for hydroxylation is 1. The van der Waals surface area contributed by atoms with Crippen LogP contribution in [0.15, 0.2) is 37.0 Å². The van der Waals surface area contributed by atoms with Crippen LogP contribution in [0.3, 0.4) is 0 Å². The lowest BCUT2D eigenvalue weighted by atomic mass is 10.00. The molecule has 7 heteroatoms. The number of phenolic OH excluding ortho intramolecular Hbond substituents is 1. The first-order chi connectivity index (χ1) is 10.8. The first kappa shape index (κ1) is 15.1. The standard InChI is InChI=1S/C16H12F3N3O/c1-3-22-8-10-4-5-12(20-15(10)21-22)14-9(2)6-11(7-13(14)23)16(17,18)19/h3-8,23H,1H2,2H3. The number of fused-ring (bicyclic) bond motifs is 1. The van der Waals surface area contributed by atoms with Gasteiger partial charge in [-0.05, 0) is 36.8 Å². The van der Waals surface area contributed by atoms with Crippen molar-refractivity contribution in [1.82, 2.24) is 14.8 Å². The van der Waals surface area contributed by atoms with E-state index in [-0.39, 0.29) is 11.1 Å². The van der Waals surface area contributed by atoms with E-state index >= 15 is 0 Å². The third-order valence-electron chi connectivity index (χ3n) is 3.47. The number of rotatable bonds is 2. The van der Waals surface area contributed by atoms with Gasteiger partial charge in [0.15, 0.2) is 5.65 Å². The number of benzene rings is 1. The Morgan fingerprint density at radius 2 is 2.00 bits per heavy atom. The molecule has 2 aromatic heterocycles. The highest BCUT2D eigenvalue weighted by Gasteiger charge is 2.32. The molecule has 118 valence electrons. The van der Waals surface area contributed by atoms with Gasteiger partial charge in [0.25, 0.3) is 0 Å². The van der Waals surface area contributed by atoms with Crippen LogP contribution in [0.2, 0.25) is 0 Å². The van der Waals surface area contributed by atoms with Crippen LogP contribution in [-0.4, -0.2) is 19.9 Å². The molecule has 0 unspecified atom stereocenters. The zero-order valence-electron chi connectivity index (χ0n) is 12.1. The van der Waals surface area contributed by atoms with Gasteiger partial charge in [-0.2, -0.15) is 13.2 Å². The molecule has 0 spiro atoms. The van der Waals surface area contributed by atoms with E-state index in [1.54, 1.807) is 18.3 Å². The Hall–Kier alpha value is -2.83. The summed E-state index contributed by atoms with van der Waals surface area (Å²) in [5.41, 5.74) is 0.422. The van der Waals surface area contributed by atoms with Crippen molar-refractivity contribution in [1.29, 1.82) is 0 Å². The zero-order valence-corrected chi connectivity index (χ0v) is 12.1. The summed E-state index contributed by atoms with van der Waals surface area (Å²) < 4.78 is 39.8. The first-order valence-corrected chi connectivity index (χ1v) is 6.69. The van der Waals surface area contributed by atoms with Gasteiger partial charge < -0.3 is 5.11 Å². The summed E-state index contributed by atoms with van der Waals surface area (Å²) in [6.45, 7) is 5.09. The Labute approximate surface area is 129 Å². The number of hydrogen-bond acceptors (Lipinski definition) is 3. The summed E-state index contributed by atoms with van der Waals surface area (Å²) in [7, 11) is 0. The fourth-order valence-electron chi connectivity index (χ4n) is 2.42. The van der Waals surface area contributed by atoms with Crippen molar-refractivity contribution in [2.45, 2.75) is 13.1 Å². The van der Waals surface area contributed by atoms with Crippen LogP contribution < -0.4 is 0 Å². The quantitative estimate of drug-likeness (QED) is 0.769.